The van der Waals surface area contributed by atoms with Crippen LogP contribution in [0.5, 0.6) is 5.75 Å². The Morgan fingerprint density at radius 2 is 1.35 bits per heavy atom. The molecule has 0 amide bonds. The smallest absolute Gasteiger partial charge is 0.118 e. The Labute approximate surface area is 197 Å². The predicted molar refractivity (Wildman–Crippen MR) is 140 cm³/mol. The maximum atomic E-state index is 5.36. The van der Waals surface area contributed by atoms with Crippen molar-refractivity contribution in [3.63, 3.8) is 0 Å². The van der Waals surface area contributed by atoms with Gasteiger partial charge in [0.05, 0.1) is 35.4 Å². The van der Waals surface area contributed by atoms with Crippen molar-refractivity contribution in [1.29, 1.82) is 0 Å². The number of hydrogen-bond acceptors (Lipinski definition) is 3. The molecule has 0 aliphatic carbocycles. The molecule has 3 aromatic heterocycles. The molecule has 6 rings (SSSR count). The summed E-state index contributed by atoms with van der Waals surface area (Å²) >= 11 is 0. The largest absolute Gasteiger partial charge is 0.497 e. The fourth-order valence-corrected chi connectivity index (χ4v) is 4.53. The zero-order valence-corrected chi connectivity index (χ0v) is 19.1. The van der Waals surface area contributed by atoms with Gasteiger partial charge in [0.1, 0.15) is 5.75 Å². The molecule has 0 radical (unpaired) electrons. The second-order valence-electron chi connectivity index (χ2n) is 8.43. The van der Waals surface area contributed by atoms with Gasteiger partial charge < -0.3 is 14.7 Å². The minimum atomic E-state index is 0.841. The summed E-state index contributed by atoms with van der Waals surface area (Å²) in [4.78, 5) is 16.8. The highest BCUT2D eigenvalue weighted by atomic mass is 16.5. The maximum Gasteiger partial charge on any atom is 0.118 e. The lowest BCUT2D eigenvalue weighted by Gasteiger charge is -2.05. The Bertz CT molecular complexity index is 1620. The monoisotopic (exact) mass is 444 g/mol. The zero-order chi connectivity index (χ0) is 23.1. The second-order valence-corrected chi connectivity index (χ2v) is 8.43. The first-order chi connectivity index (χ1) is 16.7. The van der Waals surface area contributed by atoms with E-state index in [1.54, 1.807) is 7.11 Å². The van der Waals surface area contributed by atoms with Gasteiger partial charge >= 0.3 is 0 Å². The van der Waals surface area contributed by atoms with Gasteiger partial charge in [-0.1, -0.05) is 19.1 Å². The maximum absolute atomic E-state index is 5.36. The molecule has 0 atom stereocenters. The van der Waals surface area contributed by atoms with Gasteiger partial charge in [-0.2, -0.15) is 0 Å². The quantitative estimate of drug-likeness (QED) is 0.312. The number of nitrogens with zero attached hydrogens (tertiary/aromatic N) is 2. The Morgan fingerprint density at radius 3 is 2.03 bits per heavy atom. The van der Waals surface area contributed by atoms with E-state index in [1.165, 1.54) is 5.56 Å². The van der Waals surface area contributed by atoms with Crippen LogP contribution < -0.4 is 4.74 Å². The normalized spacial score (nSPS) is 12.3. The molecular weight excluding hydrogens is 420 g/mol. The highest BCUT2D eigenvalue weighted by molar-refractivity contribution is 5.90. The number of ether oxygens (including phenoxy) is 1. The number of aromatic amines is 2. The molecule has 4 aromatic rings. The Kier molecular flexibility index (Phi) is 4.88. The lowest BCUT2D eigenvalue weighted by atomic mass is 10.0. The van der Waals surface area contributed by atoms with Gasteiger partial charge in [0.2, 0.25) is 0 Å². The number of hydrogen-bond donors (Lipinski definition) is 2. The topological polar surface area (TPSA) is 66.6 Å². The molecule has 166 valence electrons. The summed E-state index contributed by atoms with van der Waals surface area (Å²) in [6.07, 6.45) is 9.10. The molecule has 0 spiro atoms. The van der Waals surface area contributed by atoms with Gasteiger partial charge in [-0.3, -0.25) is 0 Å². The van der Waals surface area contributed by atoms with E-state index in [0.717, 1.165) is 68.1 Å². The van der Waals surface area contributed by atoms with Crippen LogP contribution in [0, 0.1) is 0 Å². The van der Waals surface area contributed by atoms with Crippen molar-refractivity contribution in [1.82, 2.24) is 19.9 Å². The first-order valence-electron chi connectivity index (χ1n) is 11.4. The first kappa shape index (κ1) is 20.2. The van der Waals surface area contributed by atoms with Crippen LogP contribution in [0.3, 0.4) is 0 Å². The standard InChI is InChI=1S/C29H24N4O/c1-3-26-28-13-10-23(32-28)15-21-7-6-19(30-21)14-20-8-9-22(31-20)16-24-17-27(29(26)33-24)18-4-11-25(34-2)12-5-18/h4-17,30,33H,3H2,1-2H3. The SMILES string of the molecule is CCc1c2nc(cc3ccc(cc4nc(cc5cc(-c6ccc(OC)cc6)c1[nH]5)C=C4)[nH]3)C=C2. The Hall–Kier alpha value is -4.38. The van der Waals surface area contributed by atoms with Crippen molar-refractivity contribution in [2.75, 3.05) is 7.11 Å². The van der Waals surface area contributed by atoms with Crippen molar-refractivity contribution in [2.45, 2.75) is 13.3 Å². The molecule has 34 heavy (non-hydrogen) atoms. The van der Waals surface area contributed by atoms with E-state index in [9.17, 15) is 0 Å². The molecule has 2 N–H and O–H groups in total. The van der Waals surface area contributed by atoms with Gasteiger partial charge in [0.15, 0.2) is 0 Å². The summed E-state index contributed by atoms with van der Waals surface area (Å²) in [6, 6.07) is 20.7. The number of nitrogens with one attached hydrogen (secondary N) is 2. The molecule has 1 aromatic carbocycles. The Morgan fingerprint density at radius 1 is 0.706 bits per heavy atom. The van der Waals surface area contributed by atoms with Gasteiger partial charge in [0.25, 0.3) is 0 Å². The third-order valence-electron chi connectivity index (χ3n) is 6.19. The van der Waals surface area contributed by atoms with Gasteiger partial charge in [-0.05, 0) is 84.8 Å². The molecule has 0 unspecified atom stereocenters. The summed E-state index contributed by atoms with van der Waals surface area (Å²) in [5, 5.41) is 0. The lowest BCUT2D eigenvalue weighted by molar-refractivity contribution is 0.415. The van der Waals surface area contributed by atoms with Crippen LogP contribution in [-0.2, 0) is 6.42 Å². The van der Waals surface area contributed by atoms with E-state index in [0.29, 0.717) is 0 Å². The molecule has 0 saturated heterocycles. The van der Waals surface area contributed by atoms with Crippen LogP contribution in [0.1, 0.15) is 35.3 Å². The van der Waals surface area contributed by atoms with Crippen LogP contribution >= 0.6 is 0 Å². The second kappa shape index (κ2) is 8.19. The van der Waals surface area contributed by atoms with Gasteiger partial charge in [0, 0.05) is 27.7 Å². The molecule has 5 heteroatoms. The summed E-state index contributed by atoms with van der Waals surface area (Å²) in [5.74, 6) is 0.841. The lowest BCUT2D eigenvalue weighted by Crippen LogP contribution is -1.89. The highest BCUT2D eigenvalue weighted by Gasteiger charge is 2.12. The van der Waals surface area contributed by atoms with E-state index >= 15 is 0 Å². The number of aromatic nitrogens is 4. The van der Waals surface area contributed by atoms with Crippen molar-refractivity contribution >= 4 is 46.4 Å². The molecule has 0 fully saturated rings. The first-order valence-corrected chi connectivity index (χ1v) is 11.4. The molecule has 2 aliphatic heterocycles. The molecule has 8 bridgehead atoms. The number of aryl methyl sites for hydroxylation is 1. The van der Waals surface area contributed by atoms with Crippen molar-refractivity contribution in [3.8, 4) is 16.9 Å². The molecule has 5 nitrogen and oxygen atoms in total. The fourth-order valence-electron chi connectivity index (χ4n) is 4.53. The minimum absolute atomic E-state index is 0.841. The van der Waals surface area contributed by atoms with E-state index in [-0.39, 0.29) is 0 Å². The van der Waals surface area contributed by atoms with Gasteiger partial charge in [-0.25, -0.2) is 9.97 Å². The van der Waals surface area contributed by atoms with Crippen LogP contribution in [0.15, 0.2) is 60.7 Å². The number of benzene rings is 1. The minimum Gasteiger partial charge on any atom is -0.497 e. The summed E-state index contributed by atoms with van der Waals surface area (Å²) < 4.78 is 5.36. The fraction of sp³-hybridized carbons (Fsp3) is 0.103. The molecule has 5 heterocycles. The molecule has 2 aliphatic rings. The number of fused-ring (bicyclic) bond motifs is 8. The molecular formula is C29H24N4O. The zero-order valence-electron chi connectivity index (χ0n) is 19.1. The Balaban J connectivity index is 1.70. The highest BCUT2D eigenvalue weighted by Crippen LogP contribution is 2.32. The van der Waals surface area contributed by atoms with Crippen molar-refractivity contribution < 1.29 is 4.74 Å². The number of H-pyrrole nitrogens is 2. The number of methoxy groups -OCH3 is 1. The van der Waals surface area contributed by atoms with E-state index in [1.807, 2.05) is 24.3 Å². The van der Waals surface area contributed by atoms with E-state index in [4.69, 9.17) is 14.7 Å². The average molecular weight is 445 g/mol. The van der Waals surface area contributed by atoms with Crippen LogP contribution in [-0.4, -0.2) is 27.0 Å². The van der Waals surface area contributed by atoms with E-state index < -0.39 is 0 Å². The third-order valence-corrected chi connectivity index (χ3v) is 6.19. The summed E-state index contributed by atoms with van der Waals surface area (Å²) in [5.41, 5.74) is 11.3. The third kappa shape index (κ3) is 3.71. The van der Waals surface area contributed by atoms with Crippen LogP contribution in [0.4, 0.5) is 0 Å². The van der Waals surface area contributed by atoms with Gasteiger partial charge in [-0.15, -0.1) is 0 Å². The molecule has 0 saturated carbocycles. The predicted octanol–water partition coefficient (Wildman–Crippen LogP) is 6.89. The van der Waals surface area contributed by atoms with Crippen molar-refractivity contribution in [2.24, 2.45) is 0 Å². The average Bonchev–Trinajstić information content (AvgIpc) is 3.65. The van der Waals surface area contributed by atoms with E-state index in [2.05, 4.69) is 77.6 Å². The van der Waals surface area contributed by atoms with Crippen molar-refractivity contribution in [3.05, 3.63) is 89.0 Å². The summed E-state index contributed by atoms with van der Waals surface area (Å²) in [6.45, 7) is 2.17. The number of rotatable bonds is 3. The van der Waals surface area contributed by atoms with Crippen LogP contribution in [0.25, 0.3) is 57.5 Å². The summed E-state index contributed by atoms with van der Waals surface area (Å²) in [7, 11) is 1.69. The van der Waals surface area contributed by atoms with Crippen LogP contribution in [0.2, 0.25) is 0 Å².